The van der Waals surface area contributed by atoms with Gasteiger partial charge in [-0.2, -0.15) is 5.26 Å². The Morgan fingerprint density at radius 1 is 1.82 bits per heavy atom. The number of amides is 1. The molecule has 1 amide bonds. The van der Waals surface area contributed by atoms with Gasteiger partial charge in [0.2, 0.25) is 5.91 Å². The highest BCUT2D eigenvalue weighted by molar-refractivity contribution is 5.91. The number of ether oxygens (including phenoxy) is 1. The molecule has 0 heterocycles. The summed E-state index contributed by atoms with van der Waals surface area (Å²) in [4.78, 5) is 10.8. The maximum absolute atomic E-state index is 10.8. The van der Waals surface area contributed by atoms with Crippen LogP contribution in [0.2, 0.25) is 0 Å². The minimum Gasteiger partial charge on any atom is -0.426 e. The van der Waals surface area contributed by atoms with Crippen LogP contribution in [-0.4, -0.2) is 19.1 Å². The van der Waals surface area contributed by atoms with E-state index in [1.54, 1.807) is 6.92 Å². The third-order valence-electron chi connectivity index (χ3n) is 0.942. The van der Waals surface area contributed by atoms with Gasteiger partial charge in [-0.05, 0) is 6.92 Å². The number of hydrogen-bond donors (Lipinski definition) is 1. The van der Waals surface area contributed by atoms with Crippen LogP contribution in [0.5, 0.6) is 0 Å². The van der Waals surface area contributed by atoms with E-state index >= 15 is 0 Å². The van der Waals surface area contributed by atoms with Gasteiger partial charge >= 0.3 is 0 Å². The van der Waals surface area contributed by atoms with Gasteiger partial charge in [-0.15, -0.1) is 0 Å². The Morgan fingerprint density at radius 3 is 2.91 bits per heavy atom. The van der Waals surface area contributed by atoms with E-state index in [4.69, 9.17) is 5.26 Å². The second-order valence-electron chi connectivity index (χ2n) is 1.98. The molecule has 60 valence electrons. The Balaban J connectivity index is 3.34. The van der Waals surface area contributed by atoms with E-state index in [2.05, 4.69) is 16.6 Å². The summed E-state index contributed by atoms with van der Waals surface area (Å²) in [5.41, 5.74) is 0.446. The van der Waals surface area contributed by atoms with E-state index in [0.717, 1.165) is 0 Å². The van der Waals surface area contributed by atoms with Crippen LogP contribution >= 0.6 is 0 Å². The number of hydrogen-bond acceptors (Lipinski definition) is 3. The first-order chi connectivity index (χ1) is 5.18. The molecule has 4 nitrogen and oxygen atoms in total. The van der Waals surface area contributed by atoms with E-state index in [9.17, 15) is 4.79 Å². The van der Waals surface area contributed by atoms with Gasteiger partial charge < -0.3 is 10.1 Å². The lowest BCUT2D eigenvalue weighted by atomic mass is 10.3. The number of carbonyl (C=O) groups excluding carboxylic acids is 1. The molecule has 0 radical (unpaired) electrons. The zero-order chi connectivity index (χ0) is 8.69. The standard InChI is InChI=1S/C7H10N2O2/c1-6(2)7(10)9-3-4-11-5-8/h1,3-4H2,2H3,(H,9,10). The van der Waals surface area contributed by atoms with Gasteiger partial charge in [0.1, 0.15) is 6.61 Å². The van der Waals surface area contributed by atoms with Gasteiger partial charge in [0.25, 0.3) is 6.26 Å². The molecule has 0 saturated heterocycles. The molecule has 11 heavy (non-hydrogen) atoms. The molecule has 0 fully saturated rings. The first kappa shape index (κ1) is 9.50. The van der Waals surface area contributed by atoms with Crippen LogP contribution < -0.4 is 5.32 Å². The van der Waals surface area contributed by atoms with Crippen molar-refractivity contribution in [3.63, 3.8) is 0 Å². The van der Waals surface area contributed by atoms with E-state index < -0.39 is 0 Å². The minimum absolute atomic E-state index is 0.204. The molecule has 0 rings (SSSR count). The Morgan fingerprint density at radius 2 is 2.45 bits per heavy atom. The lowest BCUT2D eigenvalue weighted by molar-refractivity contribution is -0.117. The van der Waals surface area contributed by atoms with E-state index in [-0.39, 0.29) is 12.5 Å². The zero-order valence-corrected chi connectivity index (χ0v) is 6.39. The molecule has 0 aromatic heterocycles. The second-order valence-corrected chi connectivity index (χ2v) is 1.98. The van der Waals surface area contributed by atoms with Crippen LogP contribution in [0.3, 0.4) is 0 Å². The monoisotopic (exact) mass is 154 g/mol. The van der Waals surface area contributed by atoms with Crippen molar-refractivity contribution in [3.05, 3.63) is 12.2 Å². The van der Waals surface area contributed by atoms with Crippen molar-refractivity contribution in [2.24, 2.45) is 0 Å². The summed E-state index contributed by atoms with van der Waals surface area (Å²) < 4.78 is 4.32. The Hall–Kier alpha value is -1.50. The van der Waals surface area contributed by atoms with Gasteiger partial charge in [-0.1, -0.05) is 6.58 Å². The molecule has 0 spiro atoms. The van der Waals surface area contributed by atoms with Crippen molar-refractivity contribution in [1.29, 1.82) is 5.26 Å². The molecule has 4 heteroatoms. The Kier molecular flexibility index (Phi) is 4.58. The van der Waals surface area contributed by atoms with Crippen molar-refractivity contribution in [3.8, 4) is 6.26 Å². The van der Waals surface area contributed by atoms with Gasteiger partial charge in [0.15, 0.2) is 0 Å². The lowest BCUT2D eigenvalue weighted by Crippen LogP contribution is -2.27. The summed E-state index contributed by atoms with van der Waals surface area (Å²) in [6, 6.07) is 0. The first-order valence-electron chi connectivity index (χ1n) is 3.13. The molecule has 0 saturated carbocycles. The predicted molar refractivity (Wildman–Crippen MR) is 39.4 cm³/mol. The first-order valence-corrected chi connectivity index (χ1v) is 3.13. The van der Waals surface area contributed by atoms with Gasteiger partial charge in [0, 0.05) is 5.57 Å². The topological polar surface area (TPSA) is 62.1 Å². The van der Waals surface area contributed by atoms with Crippen molar-refractivity contribution in [2.75, 3.05) is 13.2 Å². The van der Waals surface area contributed by atoms with Gasteiger partial charge in [0.05, 0.1) is 6.54 Å². The van der Waals surface area contributed by atoms with Crippen LogP contribution in [0, 0.1) is 11.5 Å². The van der Waals surface area contributed by atoms with Crippen molar-refractivity contribution in [2.45, 2.75) is 6.92 Å². The van der Waals surface area contributed by atoms with E-state index in [0.29, 0.717) is 12.1 Å². The summed E-state index contributed by atoms with van der Waals surface area (Å²) in [5, 5.41) is 10.4. The van der Waals surface area contributed by atoms with Crippen molar-refractivity contribution >= 4 is 5.91 Å². The Bertz CT molecular complexity index is 193. The lowest BCUT2D eigenvalue weighted by Gasteiger charge is -2.01. The Labute approximate surface area is 65.5 Å². The zero-order valence-electron chi connectivity index (χ0n) is 6.39. The summed E-state index contributed by atoms with van der Waals surface area (Å²) in [6.45, 7) is 5.58. The van der Waals surface area contributed by atoms with Gasteiger partial charge in [-0.25, -0.2) is 0 Å². The van der Waals surface area contributed by atoms with Crippen LogP contribution in [-0.2, 0) is 9.53 Å². The highest BCUT2D eigenvalue weighted by atomic mass is 16.5. The van der Waals surface area contributed by atoms with E-state index in [1.807, 2.05) is 0 Å². The fourth-order valence-corrected chi connectivity index (χ4v) is 0.412. The van der Waals surface area contributed by atoms with Crippen molar-refractivity contribution < 1.29 is 9.53 Å². The summed E-state index contributed by atoms with van der Waals surface area (Å²) in [6.07, 6.45) is 1.50. The molecule has 0 aromatic carbocycles. The molecule has 0 aliphatic rings. The number of carbonyl (C=O) groups is 1. The molecule has 1 N–H and O–H groups in total. The van der Waals surface area contributed by atoms with Crippen LogP contribution in [0.15, 0.2) is 12.2 Å². The highest BCUT2D eigenvalue weighted by Gasteiger charge is 1.98. The molecular weight excluding hydrogens is 144 g/mol. The molecule has 0 aliphatic carbocycles. The fourth-order valence-electron chi connectivity index (χ4n) is 0.412. The fraction of sp³-hybridized carbons (Fsp3) is 0.429. The minimum atomic E-state index is -0.216. The predicted octanol–water partition coefficient (Wildman–Crippen LogP) is 0.176. The molecule has 0 aliphatic heterocycles. The largest absolute Gasteiger partial charge is 0.426 e. The number of nitriles is 1. The maximum Gasteiger partial charge on any atom is 0.286 e. The third-order valence-corrected chi connectivity index (χ3v) is 0.942. The molecular formula is C7H10N2O2. The average Bonchev–Trinajstić information content (AvgIpc) is 1.97. The number of rotatable bonds is 4. The molecule has 0 unspecified atom stereocenters. The van der Waals surface area contributed by atoms with Crippen LogP contribution in [0.4, 0.5) is 0 Å². The number of nitrogens with zero attached hydrogens (tertiary/aromatic N) is 1. The molecule has 0 aromatic rings. The van der Waals surface area contributed by atoms with E-state index in [1.165, 1.54) is 6.26 Å². The molecule has 0 bridgehead atoms. The third kappa shape index (κ3) is 4.97. The highest BCUT2D eigenvalue weighted by Crippen LogP contribution is 1.83. The van der Waals surface area contributed by atoms with Crippen LogP contribution in [0.25, 0.3) is 0 Å². The SMILES string of the molecule is C=C(C)C(=O)NCCOC#N. The quantitative estimate of drug-likeness (QED) is 0.357. The average molecular weight is 154 g/mol. The summed E-state index contributed by atoms with van der Waals surface area (Å²) in [7, 11) is 0. The second kappa shape index (κ2) is 5.30. The molecule has 0 atom stereocenters. The smallest absolute Gasteiger partial charge is 0.286 e. The summed E-state index contributed by atoms with van der Waals surface area (Å²) >= 11 is 0. The summed E-state index contributed by atoms with van der Waals surface area (Å²) in [5.74, 6) is -0.216. The normalized spacial score (nSPS) is 8.00. The maximum atomic E-state index is 10.8. The van der Waals surface area contributed by atoms with Crippen LogP contribution in [0.1, 0.15) is 6.92 Å². The number of nitrogens with one attached hydrogen (secondary N) is 1. The van der Waals surface area contributed by atoms with Crippen molar-refractivity contribution in [1.82, 2.24) is 5.32 Å². The van der Waals surface area contributed by atoms with Gasteiger partial charge in [-0.3, -0.25) is 4.79 Å².